The summed E-state index contributed by atoms with van der Waals surface area (Å²) in [6, 6.07) is 4.38. The Balaban J connectivity index is 2.06. The fourth-order valence-corrected chi connectivity index (χ4v) is 3.82. The highest BCUT2D eigenvalue weighted by molar-refractivity contribution is 5.90. The number of carbonyl (C=O) groups excluding carboxylic acids is 2. The number of nitrogens with two attached hydrogens (primary N) is 2. The normalized spacial score (nSPS) is 18.9. The molecule has 0 aliphatic carbocycles. The van der Waals surface area contributed by atoms with Gasteiger partial charge in [-0.15, -0.1) is 0 Å². The lowest BCUT2D eigenvalue weighted by Gasteiger charge is -2.40. The summed E-state index contributed by atoms with van der Waals surface area (Å²) in [5.74, 6) is 5.58. The van der Waals surface area contributed by atoms with Crippen LogP contribution in [0.15, 0.2) is 24.3 Å². The minimum atomic E-state index is -0.678. The number of hydrazine groups is 1. The number of likely N-dealkylation sites (N-methyl/N-ethyl adjacent to an activating group) is 1. The molecule has 0 spiro atoms. The first-order valence-corrected chi connectivity index (χ1v) is 10.2. The zero-order chi connectivity index (χ0) is 22.5. The maximum Gasteiger partial charge on any atom is 0.242 e. The Bertz CT molecular complexity index is 740. The topological polar surface area (TPSA) is 114 Å². The zero-order valence-electron chi connectivity index (χ0n) is 18.2. The maximum atomic E-state index is 13.7. The zero-order valence-corrected chi connectivity index (χ0v) is 18.2. The molecule has 1 aromatic rings. The molecule has 168 valence electrons. The van der Waals surface area contributed by atoms with Gasteiger partial charge in [0.1, 0.15) is 18.7 Å². The van der Waals surface area contributed by atoms with E-state index >= 15 is 0 Å². The monoisotopic (exact) mass is 423 g/mol. The number of hydrogen-bond donors (Lipinski definition) is 3. The lowest BCUT2D eigenvalue weighted by molar-refractivity contribution is -0.146. The molecule has 1 aliphatic rings. The van der Waals surface area contributed by atoms with Crippen molar-refractivity contribution in [2.45, 2.75) is 51.7 Å². The van der Waals surface area contributed by atoms with Crippen molar-refractivity contribution in [3.63, 3.8) is 0 Å². The van der Waals surface area contributed by atoms with Crippen molar-refractivity contribution in [3.05, 3.63) is 30.1 Å². The molecule has 1 unspecified atom stereocenters. The van der Waals surface area contributed by atoms with E-state index in [-0.39, 0.29) is 30.7 Å². The first-order chi connectivity index (χ1) is 14.1. The summed E-state index contributed by atoms with van der Waals surface area (Å²) < 4.78 is 19.2. The Labute approximate surface area is 177 Å². The van der Waals surface area contributed by atoms with E-state index in [1.165, 1.54) is 17.1 Å². The lowest BCUT2D eigenvalue weighted by atomic mass is 9.85. The van der Waals surface area contributed by atoms with Crippen LogP contribution in [0.2, 0.25) is 0 Å². The predicted molar refractivity (Wildman–Crippen MR) is 113 cm³/mol. The van der Waals surface area contributed by atoms with Crippen molar-refractivity contribution in [2.75, 3.05) is 26.7 Å². The van der Waals surface area contributed by atoms with E-state index in [0.29, 0.717) is 13.0 Å². The number of likely N-dealkylation sites (tertiary alicyclic amines) is 1. The largest absolute Gasteiger partial charge is 0.489 e. The van der Waals surface area contributed by atoms with Gasteiger partial charge in [0.05, 0.1) is 6.04 Å². The molecule has 5 N–H and O–H groups in total. The predicted octanol–water partition coefficient (Wildman–Crippen LogP) is 0.859. The van der Waals surface area contributed by atoms with Crippen molar-refractivity contribution in [1.82, 2.24) is 15.2 Å². The maximum absolute atomic E-state index is 13.7. The van der Waals surface area contributed by atoms with Crippen LogP contribution in [-0.2, 0) is 9.59 Å². The molecule has 1 aromatic carbocycles. The summed E-state index contributed by atoms with van der Waals surface area (Å²) in [5, 5.41) is 4.04. The number of nitrogens with one attached hydrogen (secondary N) is 1. The molecule has 8 nitrogen and oxygen atoms in total. The third-order valence-corrected chi connectivity index (χ3v) is 5.21. The Morgan fingerprint density at radius 3 is 2.63 bits per heavy atom. The quantitative estimate of drug-likeness (QED) is 0.422. The van der Waals surface area contributed by atoms with Crippen molar-refractivity contribution in [3.8, 4) is 5.75 Å². The van der Waals surface area contributed by atoms with Crippen LogP contribution in [0.5, 0.6) is 5.75 Å². The standard InChI is InChI=1S/C21H34FN5O3/c1-21(2,3)18(20(29)26-11-7-9-16(26)19(28)25-4)27(24)12-14(23)13-30-17-10-6-5-8-15(17)22/h5-6,8,10,14,16,18H,7,9,11-13,23-24H2,1-4H3,(H,25,28)/t14?,16-,18+/m0/s1. The molecule has 2 rings (SSSR count). The van der Waals surface area contributed by atoms with Crippen LogP contribution >= 0.6 is 0 Å². The van der Waals surface area contributed by atoms with E-state index in [2.05, 4.69) is 5.32 Å². The highest BCUT2D eigenvalue weighted by atomic mass is 19.1. The van der Waals surface area contributed by atoms with Gasteiger partial charge < -0.3 is 20.7 Å². The molecule has 2 amide bonds. The minimum Gasteiger partial charge on any atom is -0.489 e. The summed E-state index contributed by atoms with van der Waals surface area (Å²) in [6.45, 7) is 6.48. The number of hydrogen-bond acceptors (Lipinski definition) is 6. The van der Waals surface area contributed by atoms with Crippen molar-refractivity contribution >= 4 is 11.8 Å². The average molecular weight is 424 g/mol. The molecule has 1 heterocycles. The van der Waals surface area contributed by atoms with E-state index in [9.17, 15) is 14.0 Å². The molecule has 1 saturated heterocycles. The number of nitrogens with zero attached hydrogens (tertiary/aromatic N) is 2. The van der Waals surface area contributed by atoms with Gasteiger partial charge in [-0.05, 0) is 30.4 Å². The van der Waals surface area contributed by atoms with Crippen LogP contribution in [0.4, 0.5) is 4.39 Å². The van der Waals surface area contributed by atoms with Gasteiger partial charge in [-0.3, -0.25) is 15.4 Å². The summed E-state index contributed by atoms with van der Waals surface area (Å²) in [5.41, 5.74) is 5.65. The Kier molecular flexibility index (Phi) is 8.17. The van der Waals surface area contributed by atoms with Gasteiger partial charge in [-0.2, -0.15) is 0 Å². The number of rotatable bonds is 8. The second-order valence-corrected chi connectivity index (χ2v) is 8.77. The van der Waals surface area contributed by atoms with Gasteiger partial charge in [0, 0.05) is 20.1 Å². The summed E-state index contributed by atoms with van der Waals surface area (Å²) in [6.07, 6.45) is 1.39. The molecule has 30 heavy (non-hydrogen) atoms. The van der Waals surface area contributed by atoms with Crippen LogP contribution in [0.25, 0.3) is 0 Å². The molecule has 0 bridgehead atoms. The molecule has 0 aromatic heterocycles. The molecule has 9 heteroatoms. The average Bonchev–Trinajstić information content (AvgIpc) is 3.15. The Hall–Kier alpha value is -2.23. The molecule has 0 radical (unpaired) electrons. The summed E-state index contributed by atoms with van der Waals surface area (Å²) in [4.78, 5) is 27.2. The smallest absolute Gasteiger partial charge is 0.242 e. The van der Waals surface area contributed by atoms with E-state index in [0.717, 1.165) is 6.42 Å². The number of amides is 2. The van der Waals surface area contributed by atoms with Crippen LogP contribution < -0.4 is 21.6 Å². The fourth-order valence-electron chi connectivity index (χ4n) is 3.82. The van der Waals surface area contributed by atoms with Gasteiger partial charge in [-0.1, -0.05) is 32.9 Å². The minimum absolute atomic E-state index is 0.0459. The van der Waals surface area contributed by atoms with Crippen LogP contribution in [0, 0.1) is 11.2 Å². The van der Waals surface area contributed by atoms with E-state index < -0.39 is 29.4 Å². The van der Waals surface area contributed by atoms with Gasteiger partial charge in [0.15, 0.2) is 11.6 Å². The molecule has 3 atom stereocenters. The van der Waals surface area contributed by atoms with Crippen molar-refractivity contribution < 1.29 is 18.7 Å². The Morgan fingerprint density at radius 2 is 2.03 bits per heavy atom. The first-order valence-electron chi connectivity index (χ1n) is 10.2. The third-order valence-electron chi connectivity index (χ3n) is 5.21. The molecule has 0 saturated carbocycles. The van der Waals surface area contributed by atoms with Gasteiger partial charge in [0.2, 0.25) is 11.8 Å². The molecular weight excluding hydrogens is 389 g/mol. The molecular formula is C21H34FN5O3. The van der Waals surface area contributed by atoms with Gasteiger partial charge in [0.25, 0.3) is 0 Å². The van der Waals surface area contributed by atoms with E-state index in [1.807, 2.05) is 20.8 Å². The Morgan fingerprint density at radius 1 is 1.37 bits per heavy atom. The SMILES string of the molecule is CNC(=O)[C@@H]1CCCN1C(=O)[C@@H](N(N)CC(N)COc1ccccc1F)C(C)(C)C. The second-order valence-electron chi connectivity index (χ2n) is 8.77. The molecule has 1 fully saturated rings. The van der Waals surface area contributed by atoms with Crippen LogP contribution in [-0.4, -0.2) is 66.6 Å². The number of para-hydroxylation sites is 1. The number of halogens is 1. The van der Waals surface area contributed by atoms with Gasteiger partial charge in [-0.25, -0.2) is 9.40 Å². The number of benzene rings is 1. The second kappa shape index (κ2) is 10.2. The summed E-state index contributed by atoms with van der Waals surface area (Å²) in [7, 11) is 1.56. The number of ether oxygens (including phenoxy) is 1. The van der Waals surface area contributed by atoms with Crippen LogP contribution in [0.3, 0.4) is 0 Å². The van der Waals surface area contributed by atoms with Crippen LogP contribution in [0.1, 0.15) is 33.6 Å². The van der Waals surface area contributed by atoms with Crippen molar-refractivity contribution in [1.29, 1.82) is 0 Å². The highest BCUT2D eigenvalue weighted by Crippen LogP contribution is 2.28. The summed E-state index contributed by atoms with van der Waals surface area (Å²) >= 11 is 0. The number of carbonyl (C=O) groups is 2. The highest BCUT2D eigenvalue weighted by Gasteiger charge is 2.43. The fraction of sp³-hybridized carbons (Fsp3) is 0.619. The van der Waals surface area contributed by atoms with E-state index in [1.54, 1.807) is 24.1 Å². The first kappa shape index (κ1) is 24.0. The molecule has 1 aliphatic heterocycles. The van der Waals surface area contributed by atoms with E-state index in [4.69, 9.17) is 16.3 Å². The lowest BCUT2D eigenvalue weighted by Crippen LogP contribution is -2.61. The third kappa shape index (κ3) is 5.90. The van der Waals surface area contributed by atoms with Gasteiger partial charge >= 0.3 is 0 Å². The van der Waals surface area contributed by atoms with Crippen molar-refractivity contribution in [2.24, 2.45) is 17.0 Å².